The van der Waals surface area contributed by atoms with E-state index in [0.29, 0.717) is 6.04 Å². The second-order valence-corrected chi connectivity index (χ2v) is 4.60. The van der Waals surface area contributed by atoms with Crippen LogP contribution in [0.2, 0.25) is 0 Å². The summed E-state index contributed by atoms with van der Waals surface area (Å²) in [7, 11) is 2.05. The zero-order valence-electron chi connectivity index (χ0n) is 10.5. The molecule has 1 aliphatic heterocycles. The third kappa shape index (κ3) is 2.44. The number of hydrogen-bond acceptors (Lipinski definition) is 3. The molecule has 1 atom stereocenters. The SMILES string of the molecule is CCn1nc(C)cc1CN1CCC(NC)C1. The van der Waals surface area contributed by atoms with Gasteiger partial charge in [0.1, 0.15) is 0 Å². The van der Waals surface area contributed by atoms with Crippen LogP contribution < -0.4 is 5.32 Å². The van der Waals surface area contributed by atoms with Crippen LogP contribution in [0, 0.1) is 6.92 Å². The minimum Gasteiger partial charge on any atom is -0.316 e. The minimum atomic E-state index is 0.666. The summed E-state index contributed by atoms with van der Waals surface area (Å²) < 4.78 is 2.11. The molecule has 2 heterocycles. The molecule has 0 aromatic carbocycles. The number of likely N-dealkylation sites (tertiary alicyclic amines) is 1. The first-order valence-electron chi connectivity index (χ1n) is 6.16. The predicted molar refractivity (Wildman–Crippen MR) is 65.4 cm³/mol. The lowest BCUT2D eigenvalue weighted by Gasteiger charge is -2.16. The fourth-order valence-electron chi connectivity index (χ4n) is 2.44. The third-order valence-corrected chi connectivity index (χ3v) is 3.35. The van der Waals surface area contributed by atoms with E-state index in [1.54, 1.807) is 0 Å². The fraction of sp³-hybridized carbons (Fsp3) is 0.750. The van der Waals surface area contributed by atoms with E-state index in [9.17, 15) is 0 Å². The van der Waals surface area contributed by atoms with E-state index in [1.807, 2.05) is 0 Å². The maximum absolute atomic E-state index is 4.48. The monoisotopic (exact) mass is 222 g/mol. The topological polar surface area (TPSA) is 33.1 Å². The van der Waals surface area contributed by atoms with Gasteiger partial charge < -0.3 is 5.32 Å². The van der Waals surface area contributed by atoms with E-state index in [2.05, 4.69) is 47.0 Å². The molecule has 90 valence electrons. The van der Waals surface area contributed by atoms with Gasteiger partial charge >= 0.3 is 0 Å². The highest BCUT2D eigenvalue weighted by Gasteiger charge is 2.21. The Hall–Kier alpha value is -0.870. The second kappa shape index (κ2) is 4.97. The van der Waals surface area contributed by atoms with Crippen LogP contribution in [0.4, 0.5) is 0 Å². The van der Waals surface area contributed by atoms with Gasteiger partial charge in [-0.25, -0.2) is 0 Å². The van der Waals surface area contributed by atoms with Gasteiger partial charge in [-0.1, -0.05) is 0 Å². The van der Waals surface area contributed by atoms with Crippen LogP contribution in [0.1, 0.15) is 24.7 Å². The molecule has 1 N–H and O–H groups in total. The Kier molecular flexibility index (Phi) is 3.61. The number of likely N-dealkylation sites (N-methyl/N-ethyl adjacent to an activating group) is 1. The summed E-state index contributed by atoms with van der Waals surface area (Å²) >= 11 is 0. The van der Waals surface area contributed by atoms with Crippen LogP contribution in [0.3, 0.4) is 0 Å². The Morgan fingerprint density at radius 2 is 2.38 bits per heavy atom. The molecule has 0 amide bonds. The summed E-state index contributed by atoms with van der Waals surface area (Å²) in [6.45, 7) is 8.57. The molecule has 16 heavy (non-hydrogen) atoms. The second-order valence-electron chi connectivity index (χ2n) is 4.60. The Balaban J connectivity index is 1.98. The number of aryl methyl sites for hydroxylation is 2. The first-order valence-corrected chi connectivity index (χ1v) is 6.16. The number of hydrogen-bond donors (Lipinski definition) is 1. The minimum absolute atomic E-state index is 0.666. The fourth-order valence-corrected chi connectivity index (χ4v) is 2.44. The van der Waals surface area contributed by atoms with E-state index in [1.165, 1.54) is 18.7 Å². The van der Waals surface area contributed by atoms with Gasteiger partial charge in [-0.15, -0.1) is 0 Å². The number of aromatic nitrogens is 2. The predicted octanol–water partition coefficient (Wildman–Crippen LogP) is 1.01. The molecule has 1 fully saturated rings. The van der Waals surface area contributed by atoms with Crippen molar-refractivity contribution in [2.24, 2.45) is 0 Å². The van der Waals surface area contributed by atoms with Crippen LogP contribution in [0.15, 0.2) is 6.07 Å². The van der Waals surface area contributed by atoms with Gasteiger partial charge in [0.15, 0.2) is 0 Å². The number of nitrogens with zero attached hydrogens (tertiary/aromatic N) is 3. The zero-order valence-corrected chi connectivity index (χ0v) is 10.5. The standard InChI is InChI=1S/C12H22N4/c1-4-16-12(7-10(2)14-16)9-15-6-5-11(8-15)13-3/h7,11,13H,4-6,8-9H2,1-3H3. The molecule has 1 aromatic rings. The molecule has 1 saturated heterocycles. The molecule has 2 rings (SSSR count). The smallest absolute Gasteiger partial charge is 0.0597 e. The average Bonchev–Trinajstić information content (AvgIpc) is 2.85. The van der Waals surface area contributed by atoms with Crippen LogP contribution in [-0.4, -0.2) is 40.9 Å². The van der Waals surface area contributed by atoms with Crippen LogP contribution in [-0.2, 0) is 13.1 Å². The lowest BCUT2D eigenvalue weighted by Crippen LogP contribution is -2.29. The molecule has 1 aliphatic rings. The largest absolute Gasteiger partial charge is 0.316 e. The number of rotatable bonds is 4. The Labute approximate surface area is 97.6 Å². The average molecular weight is 222 g/mol. The Morgan fingerprint density at radius 3 is 3.00 bits per heavy atom. The molecule has 0 saturated carbocycles. The summed E-state index contributed by atoms with van der Waals surface area (Å²) in [6, 6.07) is 2.87. The van der Waals surface area contributed by atoms with Gasteiger partial charge in [0, 0.05) is 32.2 Å². The van der Waals surface area contributed by atoms with E-state index in [4.69, 9.17) is 0 Å². The van der Waals surface area contributed by atoms with Crippen molar-refractivity contribution in [3.63, 3.8) is 0 Å². The summed E-state index contributed by atoms with van der Waals surface area (Å²) in [6.07, 6.45) is 1.26. The van der Waals surface area contributed by atoms with Crippen molar-refractivity contribution in [3.8, 4) is 0 Å². The lowest BCUT2D eigenvalue weighted by molar-refractivity contribution is 0.311. The highest BCUT2D eigenvalue weighted by molar-refractivity contribution is 5.09. The van der Waals surface area contributed by atoms with Gasteiger partial charge in [-0.2, -0.15) is 5.10 Å². The normalized spacial score (nSPS) is 21.8. The molecular weight excluding hydrogens is 200 g/mol. The highest BCUT2D eigenvalue weighted by atomic mass is 15.3. The first kappa shape index (κ1) is 11.6. The molecular formula is C12H22N4. The van der Waals surface area contributed by atoms with E-state index >= 15 is 0 Å². The van der Waals surface area contributed by atoms with Crippen molar-refractivity contribution < 1.29 is 0 Å². The molecule has 0 aliphatic carbocycles. The van der Waals surface area contributed by atoms with Gasteiger partial charge in [0.05, 0.1) is 11.4 Å². The van der Waals surface area contributed by atoms with Crippen molar-refractivity contribution in [1.82, 2.24) is 20.0 Å². The van der Waals surface area contributed by atoms with Crippen molar-refractivity contribution in [3.05, 3.63) is 17.5 Å². The number of nitrogens with one attached hydrogen (secondary N) is 1. The van der Waals surface area contributed by atoms with Crippen LogP contribution in [0.25, 0.3) is 0 Å². The summed E-state index contributed by atoms with van der Waals surface area (Å²) in [5, 5.41) is 7.83. The van der Waals surface area contributed by atoms with E-state index < -0.39 is 0 Å². The van der Waals surface area contributed by atoms with Crippen LogP contribution >= 0.6 is 0 Å². The lowest BCUT2D eigenvalue weighted by atomic mass is 10.3. The van der Waals surface area contributed by atoms with Crippen molar-refractivity contribution in [2.45, 2.75) is 39.4 Å². The van der Waals surface area contributed by atoms with Crippen molar-refractivity contribution in [1.29, 1.82) is 0 Å². The van der Waals surface area contributed by atoms with Crippen LogP contribution in [0.5, 0.6) is 0 Å². The molecule has 1 aromatic heterocycles. The van der Waals surface area contributed by atoms with Gasteiger partial charge in [-0.3, -0.25) is 9.58 Å². The molecule has 0 radical (unpaired) electrons. The summed E-state index contributed by atoms with van der Waals surface area (Å²) in [4.78, 5) is 2.50. The van der Waals surface area contributed by atoms with Gasteiger partial charge in [0.2, 0.25) is 0 Å². The molecule has 0 bridgehead atoms. The van der Waals surface area contributed by atoms with E-state index in [-0.39, 0.29) is 0 Å². The van der Waals surface area contributed by atoms with Gasteiger partial charge in [0.25, 0.3) is 0 Å². The summed E-state index contributed by atoms with van der Waals surface area (Å²) in [5.41, 5.74) is 2.47. The van der Waals surface area contributed by atoms with Crippen molar-refractivity contribution >= 4 is 0 Å². The Morgan fingerprint density at radius 1 is 1.56 bits per heavy atom. The zero-order chi connectivity index (χ0) is 11.5. The van der Waals surface area contributed by atoms with E-state index in [0.717, 1.165) is 25.3 Å². The first-order chi connectivity index (χ1) is 7.72. The Bertz CT molecular complexity index is 345. The van der Waals surface area contributed by atoms with Crippen molar-refractivity contribution in [2.75, 3.05) is 20.1 Å². The maximum Gasteiger partial charge on any atom is 0.0597 e. The highest BCUT2D eigenvalue weighted by Crippen LogP contribution is 2.14. The molecule has 1 unspecified atom stereocenters. The molecule has 4 nitrogen and oxygen atoms in total. The maximum atomic E-state index is 4.48. The van der Waals surface area contributed by atoms with Gasteiger partial charge in [-0.05, 0) is 33.4 Å². The third-order valence-electron chi connectivity index (χ3n) is 3.35. The summed E-state index contributed by atoms with van der Waals surface area (Å²) in [5.74, 6) is 0. The molecule has 4 heteroatoms. The molecule has 0 spiro atoms. The quantitative estimate of drug-likeness (QED) is 0.825.